The summed E-state index contributed by atoms with van der Waals surface area (Å²) in [5.74, 6) is 0.261. The van der Waals surface area contributed by atoms with E-state index in [2.05, 4.69) is 6.92 Å². The lowest BCUT2D eigenvalue weighted by Crippen LogP contribution is -2.39. The first-order chi connectivity index (χ1) is 11.4. The lowest BCUT2D eigenvalue weighted by Gasteiger charge is -2.31. The van der Waals surface area contributed by atoms with E-state index in [0.29, 0.717) is 23.9 Å². The number of amides is 1. The predicted octanol–water partition coefficient (Wildman–Crippen LogP) is 2.50. The average Bonchev–Trinajstić information content (AvgIpc) is 2.82. The summed E-state index contributed by atoms with van der Waals surface area (Å²) in [6.07, 6.45) is 3.75. The molecule has 0 spiro atoms. The molecule has 0 aliphatic carbocycles. The van der Waals surface area contributed by atoms with Gasteiger partial charge in [-0.2, -0.15) is 4.31 Å². The number of nitrogens with zero attached hydrogens (tertiary/aromatic N) is 2. The summed E-state index contributed by atoms with van der Waals surface area (Å²) < 4.78 is 27.9. The van der Waals surface area contributed by atoms with E-state index < -0.39 is 10.0 Å². The molecule has 3 heterocycles. The number of aryl methyl sites for hydroxylation is 1. The number of hydrogen-bond donors (Lipinski definition) is 0. The largest absolute Gasteiger partial charge is 0.311 e. The van der Waals surface area contributed by atoms with Crippen LogP contribution in [0, 0.1) is 5.92 Å². The van der Waals surface area contributed by atoms with Crippen molar-refractivity contribution in [3.8, 4) is 0 Å². The molecule has 6 heteroatoms. The second-order valence-electron chi connectivity index (χ2n) is 7.45. The first kappa shape index (κ1) is 16.1. The van der Waals surface area contributed by atoms with Gasteiger partial charge < -0.3 is 4.90 Å². The quantitative estimate of drug-likeness (QED) is 0.825. The first-order valence-electron chi connectivity index (χ1n) is 8.88. The summed E-state index contributed by atoms with van der Waals surface area (Å²) in [5, 5.41) is 0. The summed E-state index contributed by atoms with van der Waals surface area (Å²) in [7, 11) is -3.48. The summed E-state index contributed by atoms with van der Waals surface area (Å²) in [6.45, 7) is 5.93. The number of carbonyl (C=O) groups is 1. The molecule has 0 unspecified atom stereocenters. The highest BCUT2D eigenvalue weighted by molar-refractivity contribution is 7.89. The van der Waals surface area contributed by atoms with E-state index in [-0.39, 0.29) is 11.8 Å². The maximum Gasteiger partial charge on any atom is 0.243 e. The van der Waals surface area contributed by atoms with Crippen molar-refractivity contribution in [2.24, 2.45) is 5.92 Å². The van der Waals surface area contributed by atoms with Crippen LogP contribution in [0.15, 0.2) is 17.0 Å². The van der Waals surface area contributed by atoms with Crippen LogP contribution < -0.4 is 4.90 Å². The van der Waals surface area contributed by atoms with Crippen molar-refractivity contribution in [1.82, 2.24) is 4.31 Å². The van der Waals surface area contributed by atoms with Gasteiger partial charge in [0.05, 0.1) is 16.5 Å². The second-order valence-corrected chi connectivity index (χ2v) is 9.38. The van der Waals surface area contributed by atoms with Crippen molar-refractivity contribution in [1.29, 1.82) is 0 Å². The number of piperidine rings is 1. The zero-order chi connectivity index (χ0) is 17.1. The Morgan fingerprint density at radius 3 is 2.67 bits per heavy atom. The summed E-state index contributed by atoms with van der Waals surface area (Å²) >= 11 is 0. The standard InChI is InChI=1S/C18H24N2O3S/c1-12-5-3-7-19(11-12)24(22,23)15-9-14-6-4-8-20-17(14)16(10-15)13(2)18(20)21/h9-10,12-13H,3-8,11H2,1-2H3/t12-,13+/m0/s1. The van der Waals surface area contributed by atoms with Crippen molar-refractivity contribution in [2.45, 2.75) is 50.3 Å². The van der Waals surface area contributed by atoms with Crippen LogP contribution in [0.2, 0.25) is 0 Å². The third-order valence-corrected chi connectivity index (χ3v) is 7.49. The molecule has 0 bridgehead atoms. The van der Waals surface area contributed by atoms with Gasteiger partial charge in [0, 0.05) is 19.6 Å². The fraction of sp³-hybridized carbons (Fsp3) is 0.611. The highest BCUT2D eigenvalue weighted by Gasteiger charge is 2.39. The van der Waals surface area contributed by atoms with Gasteiger partial charge >= 0.3 is 0 Å². The van der Waals surface area contributed by atoms with E-state index in [9.17, 15) is 13.2 Å². The molecule has 0 aromatic heterocycles. The Morgan fingerprint density at radius 2 is 1.92 bits per heavy atom. The molecule has 24 heavy (non-hydrogen) atoms. The number of hydrogen-bond acceptors (Lipinski definition) is 3. The van der Waals surface area contributed by atoms with Gasteiger partial charge in [0.25, 0.3) is 0 Å². The summed E-state index contributed by atoms with van der Waals surface area (Å²) in [6, 6.07) is 3.56. The van der Waals surface area contributed by atoms with E-state index in [1.54, 1.807) is 10.4 Å². The van der Waals surface area contributed by atoms with Crippen LogP contribution in [0.3, 0.4) is 0 Å². The Morgan fingerprint density at radius 1 is 1.12 bits per heavy atom. The SMILES string of the molecule is C[C@H]1CCCN(S(=O)(=O)c2cc3c4c(c2)[C@@H](C)C(=O)N4CCC3)C1. The van der Waals surface area contributed by atoms with Crippen LogP contribution in [-0.2, 0) is 21.2 Å². The van der Waals surface area contributed by atoms with E-state index in [1.807, 2.05) is 17.9 Å². The first-order valence-corrected chi connectivity index (χ1v) is 10.3. The van der Waals surface area contributed by atoms with Crippen LogP contribution in [-0.4, -0.2) is 38.3 Å². The molecule has 1 saturated heterocycles. The van der Waals surface area contributed by atoms with Gasteiger partial charge in [0.1, 0.15) is 0 Å². The lowest BCUT2D eigenvalue weighted by molar-refractivity contribution is -0.119. The third-order valence-electron chi connectivity index (χ3n) is 5.65. The molecule has 130 valence electrons. The van der Waals surface area contributed by atoms with E-state index in [0.717, 1.165) is 49.0 Å². The zero-order valence-electron chi connectivity index (χ0n) is 14.3. The number of carbonyl (C=O) groups excluding carboxylic acids is 1. The van der Waals surface area contributed by atoms with Crippen molar-refractivity contribution in [2.75, 3.05) is 24.5 Å². The minimum atomic E-state index is -3.48. The highest BCUT2D eigenvalue weighted by Crippen LogP contribution is 2.44. The molecular formula is C18H24N2O3S. The molecule has 3 aliphatic heterocycles. The topological polar surface area (TPSA) is 57.7 Å². The number of anilines is 1. The molecule has 1 amide bonds. The van der Waals surface area contributed by atoms with Gasteiger partial charge in [-0.3, -0.25) is 4.79 Å². The van der Waals surface area contributed by atoms with Crippen molar-refractivity contribution < 1.29 is 13.2 Å². The van der Waals surface area contributed by atoms with Gasteiger partial charge in [0.15, 0.2) is 0 Å². The fourth-order valence-corrected chi connectivity index (χ4v) is 6.01. The van der Waals surface area contributed by atoms with Crippen LogP contribution in [0.1, 0.15) is 50.2 Å². The minimum absolute atomic E-state index is 0.104. The Bertz CT molecular complexity index is 803. The van der Waals surface area contributed by atoms with E-state index in [4.69, 9.17) is 0 Å². The van der Waals surface area contributed by atoms with Crippen LogP contribution in [0.5, 0.6) is 0 Å². The number of rotatable bonds is 2. The molecule has 1 aromatic rings. The maximum absolute atomic E-state index is 13.1. The zero-order valence-corrected chi connectivity index (χ0v) is 15.1. The van der Waals surface area contributed by atoms with Crippen LogP contribution in [0.4, 0.5) is 5.69 Å². The normalized spacial score (nSPS) is 27.4. The fourth-order valence-electron chi connectivity index (χ4n) is 4.33. The Labute approximate surface area is 143 Å². The highest BCUT2D eigenvalue weighted by atomic mass is 32.2. The van der Waals surface area contributed by atoms with Gasteiger partial charge in [-0.1, -0.05) is 6.92 Å². The molecule has 5 nitrogen and oxygen atoms in total. The molecular weight excluding hydrogens is 324 g/mol. The van der Waals surface area contributed by atoms with Crippen molar-refractivity contribution in [3.05, 3.63) is 23.3 Å². The van der Waals surface area contributed by atoms with Gasteiger partial charge in [0.2, 0.25) is 15.9 Å². The molecule has 0 N–H and O–H groups in total. The molecule has 1 aromatic carbocycles. The summed E-state index contributed by atoms with van der Waals surface area (Å²) in [5.41, 5.74) is 2.88. The third kappa shape index (κ3) is 2.30. The molecule has 2 atom stereocenters. The monoisotopic (exact) mass is 348 g/mol. The molecule has 4 rings (SSSR count). The second kappa shape index (κ2) is 5.56. The van der Waals surface area contributed by atoms with E-state index >= 15 is 0 Å². The smallest absolute Gasteiger partial charge is 0.243 e. The van der Waals surface area contributed by atoms with Crippen LogP contribution >= 0.6 is 0 Å². The lowest BCUT2D eigenvalue weighted by atomic mass is 9.97. The minimum Gasteiger partial charge on any atom is -0.311 e. The van der Waals surface area contributed by atoms with Gasteiger partial charge in [-0.25, -0.2) is 8.42 Å². The van der Waals surface area contributed by atoms with Gasteiger partial charge in [-0.15, -0.1) is 0 Å². The van der Waals surface area contributed by atoms with Crippen molar-refractivity contribution >= 4 is 21.6 Å². The average molecular weight is 348 g/mol. The van der Waals surface area contributed by atoms with Crippen molar-refractivity contribution in [3.63, 3.8) is 0 Å². The molecule has 0 saturated carbocycles. The molecule has 0 radical (unpaired) electrons. The summed E-state index contributed by atoms with van der Waals surface area (Å²) in [4.78, 5) is 14.7. The Kier molecular flexibility index (Phi) is 3.73. The molecule has 1 fully saturated rings. The van der Waals surface area contributed by atoms with Gasteiger partial charge in [-0.05, 0) is 61.8 Å². The Balaban J connectivity index is 1.79. The number of benzene rings is 1. The predicted molar refractivity (Wildman–Crippen MR) is 92.7 cm³/mol. The number of sulfonamides is 1. The van der Waals surface area contributed by atoms with Crippen LogP contribution in [0.25, 0.3) is 0 Å². The maximum atomic E-state index is 13.1. The Hall–Kier alpha value is -1.40. The van der Waals surface area contributed by atoms with E-state index in [1.165, 1.54) is 0 Å². The molecule has 3 aliphatic rings.